The van der Waals surface area contributed by atoms with Crippen LogP contribution in [0.1, 0.15) is 79.6 Å². The van der Waals surface area contributed by atoms with Crippen LogP contribution in [-0.4, -0.2) is 73.9 Å². The third-order valence-corrected chi connectivity index (χ3v) is 22.6. The molecule has 0 spiro atoms. The first kappa shape index (κ1) is 61.4. The van der Waals surface area contributed by atoms with Gasteiger partial charge in [-0.2, -0.15) is 0 Å². The van der Waals surface area contributed by atoms with Crippen molar-refractivity contribution in [2.75, 3.05) is 17.2 Å². The lowest BCUT2D eigenvalue weighted by molar-refractivity contribution is -0.196. The van der Waals surface area contributed by atoms with Gasteiger partial charge in [0.15, 0.2) is 16.9 Å². The molecule has 1 saturated heterocycles. The van der Waals surface area contributed by atoms with Gasteiger partial charge in [-0.25, -0.2) is 14.6 Å². The Balaban J connectivity index is 0.00000800. The van der Waals surface area contributed by atoms with E-state index in [4.69, 9.17) is 19.3 Å². The molecule has 9 aromatic rings. The molecule has 2 amide bonds. The van der Waals surface area contributed by atoms with Crippen LogP contribution >= 0.6 is 30.4 Å². The number of aromatic nitrogens is 1. The monoisotopic (exact) mass is 1330 g/mol. The van der Waals surface area contributed by atoms with Crippen LogP contribution in [0.4, 0.5) is 5.13 Å². The lowest BCUT2D eigenvalue weighted by Gasteiger charge is -2.50. The van der Waals surface area contributed by atoms with Crippen LogP contribution in [0.3, 0.4) is 0 Å². The molecule has 1 aliphatic carbocycles. The molecular weight excluding hydrogens is 1270 g/mol. The number of oxime groups is 1. The minimum atomic E-state index is -2.64. The first-order valence-electron chi connectivity index (χ1n) is 29.1. The summed E-state index contributed by atoms with van der Waals surface area (Å²) in [7, 11) is -2.64. The van der Waals surface area contributed by atoms with E-state index >= 15 is 14.4 Å². The Morgan fingerprint density at radius 3 is 1.53 bits per heavy atom. The SMILES string of the molecule is CC(C)(C)OC(=O)C1(O/N=C(\C(=O)NC2C(=O)N3C(C(=O)OC(c4ccccc4)c4ccccc4)=C(C[P+](c4ccccc4)(c4ccccc4)c4ccccc4)CS[C@H]23)c2csc(NC(c3ccccc3)(c3ccccc3)c3ccccc3)n2)CCC1.[I-]. The number of nitrogens with one attached hydrogen (secondary N) is 2. The van der Waals surface area contributed by atoms with Crippen LogP contribution in [0.2, 0.25) is 0 Å². The van der Waals surface area contributed by atoms with E-state index < -0.39 is 65.3 Å². The number of β-lactam (4-membered cyclic amide) rings is 1. The normalized spacial score (nSPS) is 16.4. The fourth-order valence-corrected chi connectivity index (χ4v) is 18.3. The molecule has 3 heterocycles. The number of rotatable bonds is 20. The molecule has 8 aromatic carbocycles. The molecular formula is C72H65IN5O7PS2. The Labute approximate surface area is 539 Å². The largest absolute Gasteiger partial charge is 1.00 e. The molecule has 2 atom stereocenters. The van der Waals surface area contributed by atoms with Crippen LogP contribution in [-0.2, 0) is 39.0 Å². The van der Waals surface area contributed by atoms with Crippen molar-refractivity contribution < 1.29 is 57.5 Å². The number of halogens is 1. The standard InChI is InChI=1S/C72H64N5O7PS2.HI/c1-70(2,3)83-68(81)71(45-28-46-71)84-76-60(59-49-87-69(73-59)75-72(53-33-16-6-17-34-53,54-35-18-7-19-36-54)55-37-20-8-21-38-55)64(78)74-61-65(79)77-62(67(80)82-63(50-29-12-4-13-30-50)51-31-14-5-15-32-51)52(48-86-66(61)77)47-85(56-39-22-9-23-40-56,57-41-24-10-25-42-57)58-43-26-11-27-44-58;/h4-27,29-44,49,61,63,66H,28,45-48H2,1-3H3,(H-,73,74,75,78);1H/b76-60-;/t61?,66-;/m1./s1. The Kier molecular flexibility index (Phi) is 18.6. The number of hydrogen-bond acceptors (Lipinski definition) is 12. The van der Waals surface area contributed by atoms with Crippen molar-refractivity contribution in [3.05, 3.63) is 293 Å². The molecule has 12 rings (SSSR count). The van der Waals surface area contributed by atoms with Gasteiger partial charge in [-0.3, -0.25) is 14.5 Å². The van der Waals surface area contributed by atoms with E-state index in [0.717, 1.165) is 49.3 Å². The number of nitrogens with zero attached hydrogens (tertiary/aromatic N) is 3. The zero-order valence-electron chi connectivity index (χ0n) is 48.8. The van der Waals surface area contributed by atoms with Gasteiger partial charge in [-0.1, -0.05) is 211 Å². The van der Waals surface area contributed by atoms with Gasteiger partial charge in [-0.15, -0.1) is 23.1 Å². The highest BCUT2D eigenvalue weighted by Gasteiger charge is 2.58. The molecule has 1 saturated carbocycles. The highest BCUT2D eigenvalue weighted by Crippen LogP contribution is 2.58. The first-order valence-corrected chi connectivity index (χ1v) is 33.0. The Morgan fingerprint density at radius 2 is 1.10 bits per heavy atom. The summed E-state index contributed by atoms with van der Waals surface area (Å²) in [4.78, 5) is 73.3. The lowest BCUT2D eigenvalue weighted by atomic mass is 9.77. The average molecular weight is 1330 g/mol. The Hall–Kier alpha value is -8.21. The number of amides is 2. The molecule has 0 bridgehead atoms. The zero-order valence-corrected chi connectivity index (χ0v) is 53.5. The maximum Gasteiger partial charge on any atom is 0.356 e. The summed E-state index contributed by atoms with van der Waals surface area (Å²) < 4.78 is 12.6. The number of thiazole rings is 1. The van der Waals surface area contributed by atoms with Gasteiger partial charge < -0.3 is 48.9 Å². The van der Waals surface area contributed by atoms with Crippen molar-refractivity contribution in [1.29, 1.82) is 0 Å². The summed E-state index contributed by atoms with van der Waals surface area (Å²) >= 11 is 2.74. The summed E-state index contributed by atoms with van der Waals surface area (Å²) in [5.41, 5.74) is 1.90. The van der Waals surface area contributed by atoms with Gasteiger partial charge in [0.05, 0.1) is 6.16 Å². The molecule has 3 aliphatic rings. The van der Waals surface area contributed by atoms with Crippen molar-refractivity contribution in [2.24, 2.45) is 5.16 Å². The second kappa shape index (κ2) is 26.6. The molecule has 2 N–H and O–H groups in total. The van der Waals surface area contributed by atoms with Crippen LogP contribution < -0.4 is 50.5 Å². The van der Waals surface area contributed by atoms with E-state index in [9.17, 15) is 4.79 Å². The fourth-order valence-electron chi connectivity index (χ4n) is 11.7. The maximum absolute atomic E-state index is 15.7. The number of fused-ring (bicyclic) bond motifs is 1. The van der Waals surface area contributed by atoms with Crippen LogP contribution in [0.5, 0.6) is 0 Å². The number of hydrogen-bond donors (Lipinski definition) is 2. The van der Waals surface area contributed by atoms with Gasteiger partial charge in [-0.05, 0) is 91.4 Å². The highest BCUT2D eigenvalue weighted by atomic mass is 127. The topological polar surface area (TPSA) is 149 Å². The second-order valence-corrected chi connectivity index (χ2v) is 28.2. The molecule has 1 aromatic heterocycles. The molecule has 2 aliphatic heterocycles. The molecule has 88 heavy (non-hydrogen) atoms. The van der Waals surface area contributed by atoms with Gasteiger partial charge >= 0.3 is 11.9 Å². The lowest BCUT2D eigenvalue weighted by Crippen LogP contribution is -3.00. The molecule has 0 radical (unpaired) electrons. The fraction of sp³-hybridized carbons (Fsp3) is 0.194. The van der Waals surface area contributed by atoms with E-state index in [2.05, 4.69) is 88.6 Å². The van der Waals surface area contributed by atoms with Gasteiger partial charge in [0.1, 0.15) is 57.1 Å². The third kappa shape index (κ3) is 12.3. The van der Waals surface area contributed by atoms with Crippen LogP contribution in [0.25, 0.3) is 0 Å². The molecule has 16 heteroatoms. The van der Waals surface area contributed by atoms with Crippen LogP contribution in [0.15, 0.2) is 264 Å². The van der Waals surface area contributed by atoms with Crippen molar-refractivity contribution in [3.63, 3.8) is 0 Å². The summed E-state index contributed by atoms with van der Waals surface area (Å²) in [6, 6.07) is 79.5. The van der Waals surface area contributed by atoms with E-state index in [-0.39, 0.29) is 41.1 Å². The summed E-state index contributed by atoms with van der Waals surface area (Å²) in [6.45, 7) is 5.36. The predicted molar refractivity (Wildman–Crippen MR) is 348 cm³/mol. The quantitative estimate of drug-likeness (QED) is 0.0144. The number of esters is 2. The van der Waals surface area contributed by atoms with Crippen molar-refractivity contribution >= 4 is 80.9 Å². The van der Waals surface area contributed by atoms with Crippen molar-refractivity contribution in [3.8, 4) is 0 Å². The highest BCUT2D eigenvalue weighted by molar-refractivity contribution is 8.00. The number of ether oxygens (including phenoxy) is 2. The molecule has 444 valence electrons. The minimum absolute atomic E-state index is 0. The molecule has 2 fully saturated rings. The second-order valence-electron chi connectivity index (χ2n) is 22.8. The van der Waals surface area contributed by atoms with E-state index in [1.54, 1.807) is 26.2 Å². The number of carbonyl (C=O) groups is 4. The average Bonchev–Trinajstić information content (AvgIpc) is 0.757. The number of anilines is 1. The van der Waals surface area contributed by atoms with E-state index in [1.807, 2.05) is 170 Å². The maximum atomic E-state index is 15.7. The van der Waals surface area contributed by atoms with Crippen molar-refractivity contribution in [1.82, 2.24) is 15.2 Å². The first-order chi connectivity index (χ1) is 42.4. The zero-order chi connectivity index (χ0) is 60.0. The summed E-state index contributed by atoms with van der Waals surface area (Å²) in [6.07, 6.45) is 0.900. The minimum Gasteiger partial charge on any atom is -1.00 e. The van der Waals surface area contributed by atoms with E-state index in [0.29, 0.717) is 36.3 Å². The Bertz CT molecular complexity index is 3720. The van der Waals surface area contributed by atoms with Crippen molar-refractivity contribution in [2.45, 2.75) is 74.3 Å². The Morgan fingerprint density at radius 1 is 0.659 bits per heavy atom. The molecule has 12 nitrogen and oxygen atoms in total. The van der Waals surface area contributed by atoms with E-state index in [1.165, 1.54) is 28.0 Å². The van der Waals surface area contributed by atoms with Gasteiger partial charge in [0, 0.05) is 29.5 Å². The van der Waals surface area contributed by atoms with Gasteiger partial charge in [0.25, 0.3) is 11.8 Å². The third-order valence-electron chi connectivity index (χ3n) is 16.1. The summed E-state index contributed by atoms with van der Waals surface area (Å²) in [5.74, 6) is -2.20. The molecule has 1 unspecified atom stereocenters. The van der Waals surface area contributed by atoms with Gasteiger partial charge in [0.2, 0.25) is 5.60 Å². The number of thioether (sulfide) groups is 1. The predicted octanol–water partition coefficient (Wildman–Crippen LogP) is 9.52. The van der Waals surface area contributed by atoms with Crippen LogP contribution in [0, 0.1) is 0 Å². The summed E-state index contributed by atoms with van der Waals surface area (Å²) in [5, 5.41) is 16.1. The smallest absolute Gasteiger partial charge is 0.356 e. The number of carbonyl (C=O) groups excluding carboxylic acids is 4. The number of benzene rings is 8.